The van der Waals surface area contributed by atoms with Gasteiger partial charge in [0.2, 0.25) is 0 Å². The number of aromatic nitrogens is 2. The molecule has 0 aliphatic rings. The Hall–Kier alpha value is -9.38. The molecule has 0 aliphatic carbocycles. The molecule has 15 aromatic rings. The average molecular weight is 1060 g/mol. The summed E-state index contributed by atoms with van der Waals surface area (Å²) < 4.78 is 5.16. The van der Waals surface area contributed by atoms with Crippen LogP contribution in [0.1, 0.15) is 101 Å². The Bertz CT molecular complexity index is 4590. The monoisotopic (exact) mass is 1060 g/mol. The van der Waals surface area contributed by atoms with Gasteiger partial charge in [-0.1, -0.05) is 213 Å². The van der Waals surface area contributed by atoms with E-state index in [0.29, 0.717) is 23.7 Å². The molecule has 398 valence electrons. The van der Waals surface area contributed by atoms with Crippen molar-refractivity contribution < 1.29 is 0 Å². The Labute approximate surface area is 480 Å². The molecule has 0 saturated heterocycles. The van der Waals surface area contributed by atoms with Crippen LogP contribution in [-0.2, 0) is 0 Å². The molecule has 4 heterocycles. The summed E-state index contributed by atoms with van der Waals surface area (Å²) in [5, 5.41) is 9.99. The molecule has 4 aromatic heterocycles. The van der Waals surface area contributed by atoms with E-state index in [9.17, 15) is 0 Å². The molecular formula is C78H66N4. The Morgan fingerprint density at radius 1 is 0.268 bits per heavy atom. The lowest BCUT2D eigenvalue weighted by Gasteiger charge is -2.30. The standard InChI is InChI=1S/C78H66N4/c1-47(2)51-27-33-57(34-28-51)79(71-43-55(49(5)6)31-37-59(71)53-19-11-9-12-20-53)69-41-39-61-65-45-74-66(46-73(65)81-67-25-17-15-23-63(67)75(69)77(61)81)62-40-42-70(76-64-24-16-18-26-68(64)82(74)78(62)76)80(58-35-29-52(30-36-58)48(3)4)72-44-56(50(7)8)32-38-60(72)54-21-13-10-14-22-54/h9-50H,1-8H3. The minimum atomic E-state index is 0.349. The van der Waals surface area contributed by atoms with Gasteiger partial charge in [0, 0.05) is 65.6 Å². The average Bonchev–Trinajstić information content (AvgIpc) is 1.64. The maximum absolute atomic E-state index is 2.58. The first kappa shape index (κ1) is 49.6. The summed E-state index contributed by atoms with van der Waals surface area (Å²) in [7, 11) is 0. The molecule has 0 fully saturated rings. The van der Waals surface area contributed by atoms with Crippen LogP contribution in [-0.4, -0.2) is 8.80 Å². The van der Waals surface area contributed by atoms with Crippen LogP contribution in [0.4, 0.5) is 34.1 Å². The molecule has 4 nitrogen and oxygen atoms in total. The summed E-state index contributed by atoms with van der Waals surface area (Å²) in [6.45, 7) is 18.3. The van der Waals surface area contributed by atoms with E-state index in [1.165, 1.54) is 132 Å². The van der Waals surface area contributed by atoms with Crippen molar-refractivity contribution in [2.75, 3.05) is 9.80 Å². The van der Waals surface area contributed by atoms with E-state index in [-0.39, 0.29) is 0 Å². The van der Waals surface area contributed by atoms with Gasteiger partial charge >= 0.3 is 0 Å². The maximum atomic E-state index is 2.58. The van der Waals surface area contributed by atoms with E-state index in [0.717, 1.165) is 22.7 Å². The summed E-state index contributed by atoms with van der Waals surface area (Å²) in [5.74, 6) is 1.54. The first-order chi connectivity index (χ1) is 40.0. The molecule has 0 saturated carbocycles. The van der Waals surface area contributed by atoms with Gasteiger partial charge in [0.15, 0.2) is 0 Å². The molecule has 0 radical (unpaired) electrons. The summed E-state index contributed by atoms with van der Waals surface area (Å²) in [5.41, 5.74) is 24.4. The molecule has 0 atom stereocenters. The van der Waals surface area contributed by atoms with E-state index in [2.05, 4.69) is 305 Å². The van der Waals surface area contributed by atoms with Crippen LogP contribution in [0.25, 0.3) is 98.4 Å². The molecule has 0 spiro atoms. The van der Waals surface area contributed by atoms with Crippen molar-refractivity contribution in [3.8, 4) is 22.3 Å². The third-order valence-electron chi connectivity index (χ3n) is 17.9. The number of rotatable bonds is 12. The van der Waals surface area contributed by atoms with Crippen molar-refractivity contribution in [2.24, 2.45) is 0 Å². The van der Waals surface area contributed by atoms with Crippen LogP contribution in [0.2, 0.25) is 0 Å². The molecule has 4 heteroatoms. The lowest BCUT2D eigenvalue weighted by atomic mass is 9.94. The number of anilines is 6. The summed E-state index contributed by atoms with van der Waals surface area (Å²) in [4.78, 5) is 5.11. The second-order valence-corrected chi connectivity index (χ2v) is 24.1. The van der Waals surface area contributed by atoms with E-state index in [4.69, 9.17) is 0 Å². The minimum absolute atomic E-state index is 0.349. The summed E-state index contributed by atoms with van der Waals surface area (Å²) in [6, 6.07) is 87.5. The normalized spacial score (nSPS) is 12.3. The second-order valence-electron chi connectivity index (χ2n) is 24.1. The highest BCUT2D eigenvalue weighted by molar-refractivity contribution is 6.32. The highest BCUT2D eigenvalue weighted by Gasteiger charge is 2.30. The molecule has 0 amide bonds. The van der Waals surface area contributed by atoms with Crippen LogP contribution in [0.5, 0.6) is 0 Å². The van der Waals surface area contributed by atoms with E-state index < -0.39 is 0 Å². The first-order valence-electron chi connectivity index (χ1n) is 29.5. The van der Waals surface area contributed by atoms with Gasteiger partial charge in [-0.05, 0) is 130 Å². The number of hydrogen-bond acceptors (Lipinski definition) is 2. The zero-order valence-electron chi connectivity index (χ0n) is 48.0. The highest BCUT2D eigenvalue weighted by Crippen LogP contribution is 2.53. The molecule has 0 unspecified atom stereocenters. The van der Waals surface area contributed by atoms with Crippen LogP contribution < -0.4 is 9.80 Å². The number of para-hydroxylation sites is 2. The van der Waals surface area contributed by atoms with Crippen LogP contribution in [0.15, 0.2) is 231 Å². The van der Waals surface area contributed by atoms with Gasteiger partial charge in [-0.25, -0.2) is 0 Å². The number of fused-ring (bicyclic) bond motifs is 12. The van der Waals surface area contributed by atoms with Crippen molar-refractivity contribution in [1.82, 2.24) is 8.80 Å². The van der Waals surface area contributed by atoms with Gasteiger partial charge in [-0.15, -0.1) is 0 Å². The summed E-state index contributed by atoms with van der Waals surface area (Å²) in [6.07, 6.45) is 0. The first-order valence-corrected chi connectivity index (χ1v) is 29.5. The van der Waals surface area contributed by atoms with Gasteiger partial charge in [-0.2, -0.15) is 0 Å². The predicted molar refractivity (Wildman–Crippen MR) is 352 cm³/mol. The zero-order chi connectivity index (χ0) is 55.7. The molecule has 82 heavy (non-hydrogen) atoms. The van der Waals surface area contributed by atoms with E-state index in [1.54, 1.807) is 0 Å². The molecular weight excluding hydrogens is 993 g/mol. The van der Waals surface area contributed by atoms with Crippen LogP contribution in [0.3, 0.4) is 0 Å². The predicted octanol–water partition coefficient (Wildman–Crippen LogP) is 22.8. The topological polar surface area (TPSA) is 15.3 Å². The Morgan fingerprint density at radius 2 is 0.622 bits per heavy atom. The summed E-state index contributed by atoms with van der Waals surface area (Å²) >= 11 is 0. The van der Waals surface area contributed by atoms with Gasteiger partial charge in [0.05, 0.1) is 55.8 Å². The van der Waals surface area contributed by atoms with E-state index in [1.807, 2.05) is 0 Å². The fourth-order valence-electron chi connectivity index (χ4n) is 13.6. The number of nitrogens with zero attached hydrogens (tertiary/aromatic N) is 4. The number of hydrogen-bond donors (Lipinski definition) is 0. The van der Waals surface area contributed by atoms with Crippen molar-refractivity contribution in [3.05, 3.63) is 253 Å². The minimum Gasteiger partial charge on any atom is -0.309 e. The molecule has 11 aromatic carbocycles. The van der Waals surface area contributed by atoms with Crippen molar-refractivity contribution in [3.63, 3.8) is 0 Å². The third kappa shape index (κ3) is 7.57. The fraction of sp³-hybridized carbons (Fsp3) is 0.154. The quantitative estimate of drug-likeness (QED) is 0.121. The lowest BCUT2D eigenvalue weighted by molar-refractivity contribution is 0.865. The SMILES string of the molecule is CC(C)c1ccc(N(c2cc(C(C)C)ccc2-c2ccccc2)c2ccc3c4cc5c(cc4n4c6ccccc6c2c34)c2ccc(N(c3ccc(C(C)C)cc3)c3cc(C(C)C)ccc3-c3ccccc3)c3c4ccccc4n5c23)cc1. The maximum Gasteiger partial charge on any atom is 0.0641 e. The third-order valence-corrected chi connectivity index (χ3v) is 17.9. The van der Waals surface area contributed by atoms with Crippen LogP contribution in [0, 0.1) is 0 Å². The van der Waals surface area contributed by atoms with Gasteiger partial charge in [0.25, 0.3) is 0 Å². The zero-order valence-corrected chi connectivity index (χ0v) is 48.0. The van der Waals surface area contributed by atoms with Gasteiger partial charge in [-0.3, -0.25) is 0 Å². The molecule has 0 bridgehead atoms. The van der Waals surface area contributed by atoms with Crippen molar-refractivity contribution >= 4 is 110 Å². The van der Waals surface area contributed by atoms with E-state index >= 15 is 0 Å². The lowest BCUT2D eigenvalue weighted by Crippen LogP contribution is -2.12. The van der Waals surface area contributed by atoms with Gasteiger partial charge in [0.1, 0.15) is 0 Å². The van der Waals surface area contributed by atoms with Gasteiger partial charge < -0.3 is 18.6 Å². The largest absolute Gasteiger partial charge is 0.309 e. The molecule has 0 aliphatic heterocycles. The fourth-order valence-corrected chi connectivity index (χ4v) is 13.6. The Kier molecular flexibility index (Phi) is 11.6. The van der Waals surface area contributed by atoms with Crippen LogP contribution >= 0.6 is 0 Å². The number of benzene rings is 11. The molecule has 0 N–H and O–H groups in total. The Balaban J connectivity index is 1.01. The highest BCUT2D eigenvalue weighted by atomic mass is 15.2. The Morgan fingerprint density at radius 3 is 1.00 bits per heavy atom. The van der Waals surface area contributed by atoms with Crippen molar-refractivity contribution in [2.45, 2.75) is 79.1 Å². The smallest absolute Gasteiger partial charge is 0.0641 e. The molecule has 15 rings (SSSR count). The van der Waals surface area contributed by atoms with Crippen molar-refractivity contribution in [1.29, 1.82) is 0 Å². The second kappa shape index (κ2) is 19.1.